The molecule has 1 aromatic rings. The number of hydrogen-bond acceptors (Lipinski definition) is 2. The molecule has 0 aliphatic carbocycles. The number of nitrogens with one attached hydrogen (secondary N) is 1. The van der Waals surface area contributed by atoms with Crippen molar-refractivity contribution in [1.82, 2.24) is 0 Å². The van der Waals surface area contributed by atoms with E-state index in [1.807, 2.05) is 12.1 Å². The number of rotatable bonds is 4. The van der Waals surface area contributed by atoms with Crippen LogP contribution in [0.5, 0.6) is 0 Å². The second-order valence-corrected chi connectivity index (χ2v) is 3.56. The van der Waals surface area contributed by atoms with Gasteiger partial charge in [0.1, 0.15) is 0 Å². The second kappa shape index (κ2) is 5.37. The summed E-state index contributed by atoms with van der Waals surface area (Å²) < 4.78 is 6.18. The molecule has 0 spiro atoms. The molecule has 12 heavy (non-hydrogen) atoms. The zero-order chi connectivity index (χ0) is 8.81. The number of halogens is 1. The highest BCUT2D eigenvalue weighted by Crippen LogP contribution is 2.16. The van der Waals surface area contributed by atoms with Gasteiger partial charge in [-0.05, 0) is 34.7 Å². The number of hydrogen-bond donors (Lipinski definition) is 1. The first-order valence-corrected chi connectivity index (χ1v) is 4.90. The first-order chi connectivity index (χ1) is 5.84. The highest BCUT2D eigenvalue weighted by Gasteiger charge is 1.94. The van der Waals surface area contributed by atoms with Crippen LogP contribution in [-0.4, -0.2) is 20.3 Å². The Morgan fingerprint density at radius 3 is 2.83 bits per heavy atom. The molecule has 0 aliphatic rings. The number of benzene rings is 1. The molecule has 0 atom stereocenters. The molecule has 0 saturated carbocycles. The molecule has 1 rings (SSSR count). The smallest absolute Gasteiger partial charge is 0.0635 e. The van der Waals surface area contributed by atoms with Crippen molar-refractivity contribution in [3.63, 3.8) is 0 Å². The van der Waals surface area contributed by atoms with Gasteiger partial charge < -0.3 is 10.1 Å². The van der Waals surface area contributed by atoms with Crippen LogP contribution in [0.2, 0.25) is 0 Å². The van der Waals surface area contributed by atoms with Crippen LogP contribution in [0.15, 0.2) is 24.3 Å². The summed E-state index contributed by atoms with van der Waals surface area (Å²) in [6.45, 7) is 1.60. The maximum Gasteiger partial charge on any atom is 0.0635 e. The monoisotopic (exact) mass is 277 g/mol. The summed E-state index contributed by atoms with van der Waals surface area (Å²) in [6.07, 6.45) is 0. The normalized spacial score (nSPS) is 9.83. The minimum absolute atomic E-state index is 0.741. The first-order valence-electron chi connectivity index (χ1n) is 3.82. The van der Waals surface area contributed by atoms with E-state index < -0.39 is 0 Å². The van der Waals surface area contributed by atoms with Crippen LogP contribution < -0.4 is 5.32 Å². The van der Waals surface area contributed by atoms with Crippen LogP contribution in [0.3, 0.4) is 0 Å². The molecule has 0 fully saturated rings. The molecule has 1 N–H and O–H groups in total. The van der Waals surface area contributed by atoms with Gasteiger partial charge in [0.25, 0.3) is 0 Å². The van der Waals surface area contributed by atoms with Gasteiger partial charge in [0.05, 0.1) is 6.61 Å². The Labute approximate surface area is 86.5 Å². The van der Waals surface area contributed by atoms with E-state index in [-0.39, 0.29) is 0 Å². The van der Waals surface area contributed by atoms with Crippen molar-refractivity contribution in [3.8, 4) is 0 Å². The Bertz CT molecular complexity index is 240. The molecular formula is C9H12INO. The summed E-state index contributed by atoms with van der Waals surface area (Å²) in [6, 6.07) is 8.20. The Kier molecular flexibility index (Phi) is 4.39. The van der Waals surface area contributed by atoms with E-state index in [1.54, 1.807) is 7.11 Å². The summed E-state index contributed by atoms with van der Waals surface area (Å²) in [4.78, 5) is 0. The van der Waals surface area contributed by atoms with Crippen molar-refractivity contribution in [2.24, 2.45) is 0 Å². The van der Waals surface area contributed by atoms with Gasteiger partial charge in [-0.1, -0.05) is 12.1 Å². The van der Waals surface area contributed by atoms with Crippen molar-refractivity contribution in [2.45, 2.75) is 0 Å². The summed E-state index contributed by atoms with van der Waals surface area (Å²) >= 11 is 2.31. The number of para-hydroxylation sites is 1. The van der Waals surface area contributed by atoms with E-state index in [0.29, 0.717) is 0 Å². The lowest BCUT2D eigenvalue weighted by Gasteiger charge is -2.06. The molecule has 3 heteroatoms. The van der Waals surface area contributed by atoms with Crippen LogP contribution in [-0.2, 0) is 4.74 Å². The van der Waals surface area contributed by atoms with Gasteiger partial charge in [-0.2, -0.15) is 0 Å². The molecule has 0 unspecified atom stereocenters. The van der Waals surface area contributed by atoms with Crippen LogP contribution in [0, 0.1) is 3.57 Å². The predicted molar refractivity (Wildman–Crippen MR) is 59.5 cm³/mol. The molecule has 0 bridgehead atoms. The van der Waals surface area contributed by atoms with Gasteiger partial charge in [0.2, 0.25) is 0 Å². The summed E-state index contributed by atoms with van der Waals surface area (Å²) in [7, 11) is 1.71. The number of anilines is 1. The van der Waals surface area contributed by atoms with Crippen LogP contribution in [0.25, 0.3) is 0 Å². The van der Waals surface area contributed by atoms with E-state index >= 15 is 0 Å². The molecule has 0 amide bonds. The van der Waals surface area contributed by atoms with Crippen molar-refractivity contribution >= 4 is 28.3 Å². The Morgan fingerprint density at radius 2 is 2.17 bits per heavy atom. The van der Waals surface area contributed by atoms with Crippen LogP contribution in [0.4, 0.5) is 5.69 Å². The summed E-state index contributed by atoms with van der Waals surface area (Å²) in [5.41, 5.74) is 1.18. The van der Waals surface area contributed by atoms with E-state index in [0.717, 1.165) is 13.2 Å². The third-order valence-electron chi connectivity index (χ3n) is 1.50. The van der Waals surface area contributed by atoms with Crippen LogP contribution in [0.1, 0.15) is 0 Å². The summed E-state index contributed by atoms with van der Waals surface area (Å²) in [5, 5.41) is 3.28. The molecule has 0 heterocycles. The highest BCUT2D eigenvalue weighted by molar-refractivity contribution is 14.1. The molecule has 0 aliphatic heterocycles. The van der Waals surface area contributed by atoms with Gasteiger partial charge in [-0.3, -0.25) is 0 Å². The predicted octanol–water partition coefficient (Wildman–Crippen LogP) is 2.35. The van der Waals surface area contributed by atoms with Crippen molar-refractivity contribution in [1.29, 1.82) is 0 Å². The first kappa shape index (κ1) is 9.80. The summed E-state index contributed by atoms with van der Waals surface area (Å²) in [5.74, 6) is 0. The lowest BCUT2D eigenvalue weighted by Crippen LogP contribution is -2.08. The average Bonchev–Trinajstić information content (AvgIpc) is 2.09. The van der Waals surface area contributed by atoms with E-state index in [4.69, 9.17) is 4.74 Å². The lowest BCUT2D eigenvalue weighted by atomic mass is 10.3. The van der Waals surface area contributed by atoms with Gasteiger partial charge in [0, 0.05) is 22.9 Å². The van der Waals surface area contributed by atoms with Crippen molar-refractivity contribution in [3.05, 3.63) is 27.8 Å². The van der Waals surface area contributed by atoms with Crippen LogP contribution >= 0.6 is 22.6 Å². The quantitative estimate of drug-likeness (QED) is 0.673. The third-order valence-corrected chi connectivity index (χ3v) is 2.44. The number of methoxy groups -OCH3 is 1. The fourth-order valence-electron chi connectivity index (χ4n) is 0.892. The minimum Gasteiger partial charge on any atom is -0.383 e. The van der Waals surface area contributed by atoms with Gasteiger partial charge in [-0.15, -0.1) is 0 Å². The molecule has 0 saturated heterocycles. The largest absolute Gasteiger partial charge is 0.383 e. The second-order valence-electron chi connectivity index (χ2n) is 2.40. The average molecular weight is 277 g/mol. The van der Waals surface area contributed by atoms with E-state index in [9.17, 15) is 0 Å². The number of ether oxygens (including phenoxy) is 1. The minimum atomic E-state index is 0.741. The molecule has 0 aromatic heterocycles. The SMILES string of the molecule is COCCNc1ccccc1I. The fraction of sp³-hybridized carbons (Fsp3) is 0.333. The fourth-order valence-corrected chi connectivity index (χ4v) is 1.47. The Morgan fingerprint density at radius 1 is 1.42 bits per heavy atom. The van der Waals surface area contributed by atoms with Gasteiger partial charge in [0.15, 0.2) is 0 Å². The standard InChI is InChI=1S/C9H12INO/c1-12-7-6-11-9-5-3-2-4-8(9)10/h2-5,11H,6-7H2,1H3. The zero-order valence-corrected chi connectivity index (χ0v) is 9.17. The van der Waals surface area contributed by atoms with E-state index in [1.165, 1.54) is 9.26 Å². The molecular weight excluding hydrogens is 265 g/mol. The van der Waals surface area contributed by atoms with E-state index in [2.05, 4.69) is 40.0 Å². The lowest BCUT2D eigenvalue weighted by molar-refractivity contribution is 0.211. The molecule has 2 nitrogen and oxygen atoms in total. The topological polar surface area (TPSA) is 21.3 Å². The van der Waals surface area contributed by atoms with Crippen molar-refractivity contribution < 1.29 is 4.74 Å². The van der Waals surface area contributed by atoms with Gasteiger partial charge in [-0.25, -0.2) is 0 Å². The van der Waals surface area contributed by atoms with Gasteiger partial charge >= 0.3 is 0 Å². The Balaban J connectivity index is 2.46. The molecule has 0 radical (unpaired) electrons. The highest BCUT2D eigenvalue weighted by atomic mass is 127. The molecule has 1 aromatic carbocycles. The maximum atomic E-state index is 4.94. The third kappa shape index (κ3) is 2.98. The maximum absolute atomic E-state index is 4.94. The zero-order valence-electron chi connectivity index (χ0n) is 7.01. The Hall–Kier alpha value is -0.290. The van der Waals surface area contributed by atoms with Crippen molar-refractivity contribution in [2.75, 3.05) is 25.6 Å². The molecule has 66 valence electrons.